The first-order chi connectivity index (χ1) is 21.9. The molecule has 11 nitrogen and oxygen atoms in total. The van der Waals surface area contributed by atoms with E-state index in [1.807, 2.05) is 0 Å². The predicted molar refractivity (Wildman–Crippen MR) is 165 cm³/mol. The molecule has 15 heteroatoms. The first-order valence-corrected chi connectivity index (χ1v) is 16.0. The third-order valence-corrected chi connectivity index (χ3v) is 9.18. The van der Waals surface area contributed by atoms with Gasteiger partial charge in [-0.25, -0.2) is 22.5 Å². The van der Waals surface area contributed by atoms with Crippen molar-refractivity contribution in [2.45, 2.75) is 20.0 Å². The van der Waals surface area contributed by atoms with Crippen LogP contribution in [0.25, 0.3) is 11.8 Å². The van der Waals surface area contributed by atoms with Gasteiger partial charge in [0.1, 0.15) is 11.6 Å². The summed E-state index contributed by atoms with van der Waals surface area (Å²) in [6.07, 6.45) is 5.76. The molecule has 0 atom stereocenters. The molecule has 3 heterocycles. The Morgan fingerprint density at radius 2 is 1.76 bits per heavy atom. The molecular formula is C31H29F3N6O5S. The van der Waals surface area contributed by atoms with Crippen LogP contribution in [-0.2, 0) is 16.4 Å². The summed E-state index contributed by atoms with van der Waals surface area (Å²) in [5.41, 5.74) is 9.72. The van der Waals surface area contributed by atoms with E-state index in [0.29, 0.717) is 28.1 Å². The normalized spacial score (nSPS) is 15.2. The van der Waals surface area contributed by atoms with E-state index in [2.05, 4.69) is 10.1 Å². The van der Waals surface area contributed by atoms with Gasteiger partial charge in [-0.15, -0.1) is 0 Å². The summed E-state index contributed by atoms with van der Waals surface area (Å²) in [6, 6.07) is 10.7. The number of nitrogens with two attached hydrogens (primary N) is 1. The average molecular weight is 655 g/mol. The highest BCUT2D eigenvalue weighted by Crippen LogP contribution is 2.39. The van der Waals surface area contributed by atoms with E-state index in [1.165, 1.54) is 39.6 Å². The summed E-state index contributed by atoms with van der Waals surface area (Å²) in [5.74, 6) is -0.729. The first-order valence-electron chi connectivity index (χ1n) is 14.2. The van der Waals surface area contributed by atoms with Crippen molar-refractivity contribution < 1.29 is 35.9 Å². The third-order valence-electron chi connectivity index (χ3n) is 7.88. The van der Waals surface area contributed by atoms with Gasteiger partial charge in [0, 0.05) is 44.2 Å². The summed E-state index contributed by atoms with van der Waals surface area (Å²) in [6.45, 7) is -0.348. The Balaban J connectivity index is 1.22. The highest BCUT2D eigenvalue weighted by Gasteiger charge is 2.29. The van der Waals surface area contributed by atoms with Crippen LogP contribution < -0.4 is 20.1 Å². The number of aryl methyl sites for hydroxylation is 1. The lowest BCUT2D eigenvalue weighted by molar-refractivity contribution is -0.0495. The highest BCUT2D eigenvalue weighted by molar-refractivity contribution is 7.88. The number of Topliss-reactive ketones (excluding diaryl/α,β-unsaturated/α-hetero) is 1. The van der Waals surface area contributed by atoms with Gasteiger partial charge in [0.2, 0.25) is 15.9 Å². The Bertz CT molecular complexity index is 1970. The van der Waals surface area contributed by atoms with Gasteiger partial charge in [0.25, 0.3) is 0 Å². The smallest absolute Gasteiger partial charge is 0.387 e. The van der Waals surface area contributed by atoms with E-state index in [9.17, 15) is 26.4 Å². The molecule has 0 amide bonds. The summed E-state index contributed by atoms with van der Waals surface area (Å²) < 4.78 is 77.7. The van der Waals surface area contributed by atoms with E-state index < -0.39 is 22.5 Å². The summed E-state index contributed by atoms with van der Waals surface area (Å²) in [5, 5.41) is 4.31. The summed E-state index contributed by atoms with van der Waals surface area (Å²) in [4.78, 5) is 19.7. The standard InChI is InChI=1S/C31H29F3N6O5S/c1-18-11-28(44-26-6-4-3-5-23(26)32)36-17-25(18)40-30(35)22(16-37-40)29(41)21-12-19-14-24(27(45-31(33)34)15-20(19)13-21)38-7-9-39(10-8-38)46(2,42)43/h3-6,11,13-17,31H,7-10,12,35H2,1-2H3. The van der Waals surface area contributed by atoms with Crippen LogP contribution in [0.3, 0.4) is 0 Å². The molecule has 0 unspecified atom stereocenters. The topological polar surface area (TPSA) is 133 Å². The van der Waals surface area contributed by atoms with Crippen molar-refractivity contribution in [2.24, 2.45) is 0 Å². The van der Waals surface area contributed by atoms with Crippen molar-refractivity contribution in [3.8, 4) is 23.1 Å². The number of hydrogen-bond donors (Lipinski definition) is 1. The van der Waals surface area contributed by atoms with Crippen LogP contribution in [0.1, 0.15) is 27.0 Å². The van der Waals surface area contributed by atoms with Crippen LogP contribution >= 0.6 is 0 Å². The van der Waals surface area contributed by atoms with Gasteiger partial charge < -0.3 is 20.1 Å². The van der Waals surface area contributed by atoms with E-state index >= 15 is 0 Å². The van der Waals surface area contributed by atoms with Gasteiger partial charge in [-0.05, 0) is 54.0 Å². The molecule has 0 radical (unpaired) electrons. The zero-order valence-electron chi connectivity index (χ0n) is 24.8. The van der Waals surface area contributed by atoms with Crippen molar-refractivity contribution >= 4 is 33.4 Å². The van der Waals surface area contributed by atoms with Crippen molar-refractivity contribution in [3.63, 3.8) is 0 Å². The summed E-state index contributed by atoms with van der Waals surface area (Å²) in [7, 11) is -3.38. The maximum Gasteiger partial charge on any atom is 0.387 e. The number of ketones is 1. The lowest BCUT2D eigenvalue weighted by Gasteiger charge is -2.35. The lowest BCUT2D eigenvalue weighted by Crippen LogP contribution is -2.48. The number of alkyl halides is 2. The number of carbonyl (C=O) groups excluding carboxylic acids is 1. The van der Waals surface area contributed by atoms with E-state index in [1.54, 1.807) is 42.2 Å². The Hall–Kier alpha value is -4.89. The predicted octanol–water partition coefficient (Wildman–Crippen LogP) is 4.59. The second kappa shape index (κ2) is 12.1. The fourth-order valence-electron chi connectivity index (χ4n) is 5.54. The second-order valence-electron chi connectivity index (χ2n) is 10.9. The molecule has 1 aliphatic heterocycles. The zero-order chi connectivity index (χ0) is 32.7. The maximum atomic E-state index is 14.0. The van der Waals surface area contributed by atoms with Crippen molar-refractivity contribution in [1.82, 2.24) is 19.1 Å². The minimum atomic E-state index is -3.38. The van der Waals surface area contributed by atoms with Crippen molar-refractivity contribution in [3.05, 3.63) is 88.5 Å². The van der Waals surface area contributed by atoms with Crippen LogP contribution in [0, 0.1) is 12.7 Å². The maximum absolute atomic E-state index is 14.0. The Kier molecular flexibility index (Phi) is 8.20. The number of sulfonamides is 1. The molecule has 0 saturated carbocycles. The molecule has 2 aromatic heterocycles. The number of carbonyl (C=O) groups is 1. The van der Waals surface area contributed by atoms with Crippen LogP contribution in [0.5, 0.6) is 17.4 Å². The largest absolute Gasteiger partial charge is 0.436 e. The highest BCUT2D eigenvalue weighted by atomic mass is 32.2. The third kappa shape index (κ3) is 6.15. The number of halogens is 3. The Morgan fingerprint density at radius 3 is 2.43 bits per heavy atom. The van der Waals surface area contributed by atoms with Crippen LogP contribution in [0.2, 0.25) is 0 Å². The van der Waals surface area contributed by atoms with Crippen molar-refractivity contribution in [2.75, 3.05) is 43.1 Å². The molecule has 1 aliphatic carbocycles. The number of pyridine rings is 1. The lowest BCUT2D eigenvalue weighted by atomic mass is 10.0. The average Bonchev–Trinajstić information content (AvgIpc) is 3.60. The minimum Gasteiger partial charge on any atom is -0.436 e. The monoisotopic (exact) mass is 654 g/mol. The number of aromatic nitrogens is 3. The number of benzene rings is 2. The fourth-order valence-corrected chi connectivity index (χ4v) is 6.37. The van der Waals surface area contributed by atoms with Gasteiger partial charge in [0.15, 0.2) is 17.3 Å². The van der Waals surface area contributed by atoms with Crippen LogP contribution in [0.15, 0.2) is 60.4 Å². The number of fused-ring (bicyclic) bond motifs is 1. The van der Waals surface area contributed by atoms with Gasteiger partial charge >= 0.3 is 6.61 Å². The number of piperazine rings is 1. The molecule has 4 aromatic rings. The molecular weight excluding hydrogens is 625 g/mol. The SMILES string of the molecule is Cc1cc(Oc2ccccc2F)ncc1-n1ncc(C(=O)C2=Cc3cc(OC(F)F)c(N4CCN(S(C)(=O)=O)CC4)cc3C2)c1N. The molecule has 6 rings (SSSR count). The van der Waals surface area contributed by atoms with Crippen LogP contribution in [-0.4, -0.2) is 72.3 Å². The molecule has 2 N–H and O–H groups in total. The molecule has 240 valence electrons. The molecule has 0 spiro atoms. The van der Waals surface area contributed by atoms with Gasteiger partial charge in [-0.2, -0.15) is 18.2 Å². The minimum absolute atomic E-state index is 0.0222. The number of nitrogens with zero attached hydrogens (tertiary/aromatic N) is 5. The van der Waals surface area contributed by atoms with E-state index in [-0.39, 0.29) is 67.1 Å². The molecule has 46 heavy (non-hydrogen) atoms. The Morgan fingerprint density at radius 1 is 1.02 bits per heavy atom. The number of allylic oxidation sites excluding steroid dienone is 1. The van der Waals surface area contributed by atoms with Crippen molar-refractivity contribution in [1.29, 1.82) is 0 Å². The van der Waals surface area contributed by atoms with Gasteiger partial charge in [-0.1, -0.05) is 12.1 Å². The van der Waals surface area contributed by atoms with Gasteiger partial charge in [0.05, 0.1) is 35.6 Å². The number of nitrogen functional groups attached to an aromatic ring is 1. The summed E-state index contributed by atoms with van der Waals surface area (Å²) >= 11 is 0. The molecule has 0 bridgehead atoms. The quantitative estimate of drug-likeness (QED) is 0.257. The van der Waals surface area contributed by atoms with Crippen LogP contribution in [0.4, 0.5) is 24.7 Å². The first kappa shape index (κ1) is 31.1. The molecule has 2 aromatic carbocycles. The fraction of sp³-hybridized carbons (Fsp3) is 0.258. The number of para-hydroxylation sites is 1. The Labute approximate surface area is 262 Å². The molecule has 1 saturated heterocycles. The van der Waals surface area contributed by atoms with E-state index in [4.69, 9.17) is 15.2 Å². The molecule has 1 fully saturated rings. The van der Waals surface area contributed by atoms with Gasteiger partial charge in [-0.3, -0.25) is 4.79 Å². The number of hydrogen-bond acceptors (Lipinski definition) is 9. The molecule has 2 aliphatic rings. The zero-order valence-corrected chi connectivity index (χ0v) is 25.6. The van der Waals surface area contributed by atoms with E-state index in [0.717, 1.165) is 11.8 Å². The number of anilines is 2. The number of ether oxygens (including phenoxy) is 2. The number of rotatable bonds is 9. The second-order valence-corrected chi connectivity index (χ2v) is 12.9.